The Morgan fingerprint density at radius 3 is 3.05 bits per heavy atom. The van der Waals surface area contributed by atoms with Gasteiger partial charge in [-0.15, -0.1) is 0 Å². The molecule has 1 fully saturated rings. The number of carbonyl (C=O) groups is 1. The lowest BCUT2D eigenvalue weighted by Gasteiger charge is -2.08. The van der Waals surface area contributed by atoms with Crippen molar-refractivity contribution in [2.75, 3.05) is 7.11 Å². The maximum atomic E-state index is 12.1. The summed E-state index contributed by atoms with van der Waals surface area (Å²) in [5.74, 6) is 0.400. The van der Waals surface area contributed by atoms with Gasteiger partial charge in [0.05, 0.1) is 19.4 Å². The minimum Gasteiger partial charge on any atom is -0.497 e. The van der Waals surface area contributed by atoms with Gasteiger partial charge in [0.2, 0.25) is 0 Å². The monoisotopic (exact) mass is 256 g/mol. The third-order valence-electron chi connectivity index (χ3n) is 3.27. The standard InChI is InChI=1S/C13H12N4O2/c1-19-9-2-5-17-10(7-15-11(17)6-9)12(18)16-13(8-14)3-4-13/h2,5-7H,3-4H2,1H3,(H,16,18). The number of nitrogens with one attached hydrogen (secondary N) is 1. The molecule has 0 bridgehead atoms. The lowest BCUT2D eigenvalue weighted by Crippen LogP contribution is -2.36. The number of pyridine rings is 1. The topological polar surface area (TPSA) is 79.4 Å². The van der Waals surface area contributed by atoms with E-state index in [4.69, 9.17) is 10.00 Å². The van der Waals surface area contributed by atoms with Crippen molar-refractivity contribution >= 4 is 11.6 Å². The summed E-state index contributed by atoms with van der Waals surface area (Å²) in [7, 11) is 1.58. The van der Waals surface area contributed by atoms with E-state index >= 15 is 0 Å². The zero-order chi connectivity index (χ0) is 13.5. The summed E-state index contributed by atoms with van der Waals surface area (Å²) in [6, 6.07) is 5.63. The van der Waals surface area contributed by atoms with Crippen LogP contribution in [0.4, 0.5) is 0 Å². The minimum atomic E-state index is -0.673. The third-order valence-corrected chi connectivity index (χ3v) is 3.27. The molecule has 2 aromatic rings. The highest BCUT2D eigenvalue weighted by molar-refractivity contribution is 5.94. The molecule has 1 saturated carbocycles. The summed E-state index contributed by atoms with van der Waals surface area (Å²) in [6.45, 7) is 0. The van der Waals surface area contributed by atoms with E-state index in [0.717, 1.165) is 0 Å². The zero-order valence-electron chi connectivity index (χ0n) is 10.4. The van der Waals surface area contributed by atoms with Gasteiger partial charge < -0.3 is 10.1 Å². The molecule has 2 heterocycles. The van der Waals surface area contributed by atoms with Crippen molar-refractivity contribution in [2.45, 2.75) is 18.4 Å². The Morgan fingerprint density at radius 1 is 1.63 bits per heavy atom. The predicted octanol–water partition coefficient (Wildman–Crippen LogP) is 1.13. The molecular weight excluding hydrogens is 244 g/mol. The fourth-order valence-electron chi connectivity index (χ4n) is 1.93. The number of nitrogens with zero attached hydrogens (tertiary/aromatic N) is 3. The fraction of sp³-hybridized carbons (Fsp3) is 0.308. The molecule has 19 heavy (non-hydrogen) atoms. The summed E-state index contributed by atoms with van der Waals surface area (Å²) in [5, 5.41) is 11.7. The number of hydrogen-bond acceptors (Lipinski definition) is 4. The van der Waals surface area contributed by atoms with Crippen molar-refractivity contribution in [3.05, 3.63) is 30.2 Å². The molecule has 1 aliphatic rings. The first-order valence-electron chi connectivity index (χ1n) is 5.92. The molecule has 0 saturated heterocycles. The molecule has 0 atom stereocenters. The van der Waals surface area contributed by atoms with Gasteiger partial charge in [0.25, 0.3) is 5.91 Å². The molecule has 3 rings (SSSR count). The van der Waals surface area contributed by atoms with Crippen molar-refractivity contribution in [3.8, 4) is 11.8 Å². The third kappa shape index (κ3) is 1.89. The van der Waals surface area contributed by atoms with E-state index in [9.17, 15) is 4.79 Å². The van der Waals surface area contributed by atoms with Crippen LogP contribution in [0.5, 0.6) is 5.75 Å². The van der Waals surface area contributed by atoms with Gasteiger partial charge >= 0.3 is 0 Å². The molecule has 0 radical (unpaired) electrons. The second-order valence-electron chi connectivity index (χ2n) is 4.59. The summed E-state index contributed by atoms with van der Waals surface area (Å²) in [6.07, 6.45) is 4.64. The number of hydrogen-bond donors (Lipinski definition) is 1. The molecule has 0 spiro atoms. The Labute approximate surface area is 109 Å². The van der Waals surface area contributed by atoms with E-state index in [1.807, 2.05) is 0 Å². The van der Waals surface area contributed by atoms with Crippen molar-refractivity contribution in [1.82, 2.24) is 14.7 Å². The number of ether oxygens (including phenoxy) is 1. The zero-order valence-corrected chi connectivity index (χ0v) is 10.4. The van der Waals surface area contributed by atoms with E-state index in [2.05, 4.69) is 16.4 Å². The van der Waals surface area contributed by atoms with E-state index in [-0.39, 0.29) is 5.91 Å². The van der Waals surface area contributed by atoms with Gasteiger partial charge in [-0.25, -0.2) is 4.98 Å². The minimum absolute atomic E-state index is 0.281. The Balaban J connectivity index is 1.93. The first-order valence-corrected chi connectivity index (χ1v) is 5.92. The van der Waals surface area contributed by atoms with Crippen LogP contribution in [0.3, 0.4) is 0 Å². The van der Waals surface area contributed by atoms with Crippen LogP contribution in [0.1, 0.15) is 23.3 Å². The maximum absolute atomic E-state index is 12.1. The van der Waals surface area contributed by atoms with Gasteiger partial charge in [0.1, 0.15) is 22.6 Å². The van der Waals surface area contributed by atoms with Crippen LogP contribution in [-0.2, 0) is 0 Å². The second kappa shape index (κ2) is 3.99. The van der Waals surface area contributed by atoms with Crippen molar-refractivity contribution in [1.29, 1.82) is 5.26 Å². The lowest BCUT2D eigenvalue weighted by molar-refractivity contribution is 0.0935. The van der Waals surface area contributed by atoms with E-state index in [1.165, 1.54) is 6.20 Å². The normalized spacial score (nSPS) is 15.8. The molecular formula is C13H12N4O2. The van der Waals surface area contributed by atoms with Gasteiger partial charge in [0, 0.05) is 12.3 Å². The molecule has 1 aliphatic carbocycles. The number of aromatic nitrogens is 2. The molecule has 2 aromatic heterocycles. The fourth-order valence-corrected chi connectivity index (χ4v) is 1.93. The summed E-state index contributed by atoms with van der Waals surface area (Å²) >= 11 is 0. The number of rotatable bonds is 3. The molecule has 96 valence electrons. The van der Waals surface area contributed by atoms with Crippen LogP contribution in [0, 0.1) is 11.3 Å². The molecule has 0 unspecified atom stereocenters. The average Bonchev–Trinajstić information content (AvgIpc) is 3.08. The highest BCUT2D eigenvalue weighted by Gasteiger charge is 2.45. The van der Waals surface area contributed by atoms with E-state index < -0.39 is 5.54 Å². The molecule has 0 aromatic carbocycles. The molecule has 6 heteroatoms. The van der Waals surface area contributed by atoms with Crippen LogP contribution < -0.4 is 10.1 Å². The van der Waals surface area contributed by atoms with Crippen LogP contribution >= 0.6 is 0 Å². The summed E-state index contributed by atoms with van der Waals surface area (Å²) in [5.41, 5.74) is 0.374. The summed E-state index contributed by atoms with van der Waals surface area (Å²) in [4.78, 5) is 16.3. The molecule has 1 N–H and O–H groups in total. The van der Waals surface area contributed by atoms with Gasteiger partial charge in [-0.1, -0.05) is 0 Å². The molecule has 0 aliphatic heterocycles. The lowest BCUT2D eigenvalue weighted by atomic mass is 10.3. The van der Waals surface area contributed by atoms with Crippen LogP contribution in [-0.4, -0.2) is 27.9 Å². The highest BCUT2D eigenvalue weighted by Crippen LogP contribution is 2.34. The Hall–Kier alpha value is -2.55. The molecule has 6 nitrogen and oxygen atoms in total. The van der Waals surface area contributed by atoms with Crippen LogP contribution in [0.2, 0.25) is 0 Å². The Bertz CT molecular complexity index is 694. The number of amides is 1. The number of imidazole rings is 1. The number of carbonyl (C=O) groups excluding carboxylic acids is 1. The van der Waals surface area contributed by atoms with Crippen molar-refractivity contribution < 1.29 is 9.53 Å². The van der Waals surface area contributed by atoms with Gasteiger partial charge in [-0.05, 0) is 18.9 Å². The SMILES string of the molecule is COc1ccn2c(C(=O)NC3(C#N)CC3)cnc2c1. The molecule has 1 amide bonds. The van der Waals surface area contributed by atoms with E-state index in [0.29, 0.717) is 29.9 Å². The predicted molar refractivity (Wildman–Crippen MR) is 66.8 cm³/mol. The number of fused-ring (bicyclic) bond motifs is 1. The quantitative estimate of drug-likeness (QED) is 0.892. The van der Waals surface area contributed by atoms with Crippen LogP contribution in [0.25, 0.3) is 5.65 Å². The first kappa shape index (κ1) is 11.5. The van der Waals surface area contributed by atoms with Gasteiger partial charge in [-0.3, -0.25) is 9.20 Å². The second-order valence-corrected chi connectivity index (χ2v) is 4.59. The first-order chi connectivity index (χ1) is 9.17. The van der Waals surface area contributed by atoms with E-state index in [1.54, 1.807) is 29.8 Å². The Kier molecular flexibility index (Phi) is 2.42. The Morgan fingerprint density at radius 2 is 2.42 bits per heavy atom. The largest absolute Gasteiger partial charge is 0.497 e. The average molecular weight is 256 g/mol. The highest BCUT2D eigenvalue weighted by atomic mass is 16.5. The van der Waals surface area contributed by atoms with Crippen LogP contribution in [0.15, 0.2) is 24.5 Å². The van der Waals surface area contributed by atoms with Gasteiger partial charge in [-0.2, -0.15) is 5.26 Å². The maximum Gasteiger partial charge on any atom is 0.271 e. The number of methoxy groups -OCH3 is 1. The summed E-state index contributed by atoms with van der Waals surface area (Å²) < 4.78 is 6.77. The van der Waals surface area contributed by atoms with Crippen molar-refractivity contribution in [3.63, 3.8) is 0 Å². The van der Waals surface area contributed by atoms with Gasteiger partial charge in [0.15, 0.2) is 0 Å². The van der Waals surface area contributed by atoms with Crippen molar-refractivity contribution in [2.24, 2.45) is 0 Å². The smallest absolute Gasteiger partial charge is 0.271 e. The number of nitriles is 1.